The van der Waals surface area contributed by atoms with Crippen molar-refractivity contribution in [1.82, 2.24) is 21.3 Å². The van der Waals surface area contributed by atoms with Crippen LogP contribution in [0, 0.1) is 0 Å². The number of hydrogen-bond donors (Lipinski definition) is 4. The van der Waals surface area contributed by atoms with Crippen molar-refractivity contribution in [2.45, 2.75) is 47.8 Å². The molecule has 34 heavy (non-hydrogen) atoms. The molecule has 0 aromatic carbocycles. The van der Waals surface area contributed by atoms with Gasteiger partial charge in [-0.15, -0.1) is 0 Å². The minimum atomic E-state index is -8.28. The summed E-state index contributed by atoms with van der Waals surface area (Å²) in [6, 6.07) is -3.16. The van der Waals surface area contributed by atoms with Crippen molar-refractivity contribution < 1.29 is 65.9 Å². The van der Waals surface area contributed by atoms with E-state index in [0.717, 1.165) is 0 Å². The molecule has 1 heterocycles. The van der Waals surface area contributed by atoms with Crippen LogP contribution in [-0.4, -0.2) is 93.6 Å². The molecule has 1 rings (SSSR count). The van der Waals surface area contributed by atoms with E-state index >= 15 is 0 Å². The largest absolute Gasteiger partial charge is 0.460 e. The van der Waals surface area contributed by atoms with E-state index in [2.05, 4.69) is 16.0 Å². The standard InChI is InChI=1S/C15H19F15N4/c16-9(17,8-7-33-4-3-31-1-2-32-5-6-34-8)10(18,19)11(20,21)12(22,23)13(24,25)14(26,27)15(28,29)30/h8,31-34H,1-7H2. The summed E-state index contributed by atoms with van der Waals surface area (Å²) in [4.78, 5) is 0. The van der Waals surface area contributed by atoms with Gasteiger partial charge in [-0.1, -0.05) is 0 Å². The van der Waals surface area contributed by atoms with Crippen LogP contribution in [0.2, 0.25) is 0 Å². The minimum Gasteiger partial charge on any atom is -0.314 e. The fourth-order valence-electron chi connectivity index (χ4n) is 2.71. The highest BCUT2D eigenvalue weighted by atomic mass is 19.4. The van der Waals surface area contributed by atoms with Gasteiger partial charge in [-0.3, -0.25) is 0 Å². The number of alkyl halides is 15. The molecular formula is C15H19F15N4. The predicted molar refractivity (Wildman–Crippen MR) is 86.1 cm³/mol. The van der Waals surface area contributed by atoms with E-state index in [1.807, 2.05) is 0 Å². The lowest BCUT2D eigenvalue weighted by Crippen LogP contribution is -2.75. The van der Waals surface area contributed by atoms with E-state index in [9.17, 15) is 65.9 Å². The lowest BCUT2D eigenvalue weighted by Gasteiger charge is -2.43. The van der Waals surface area contributed by atoms with Gasteiger partial charge in [-0.2, -0.15) is 65.9 Å². The lowest BCUT2D eigenvalue weighted by molar-refractivity contribution is -0.453. The van der Waals surface area contributed by atoms with Gasteiger partial charge in [0.2, 0.25) is 0 Å². The maximum Gasteiger partial charge on any atom is 0.460 e. The van der Waals surface area contributed by atoms with Crippen molar-refractivity contribution in [3.8, 4) is 0 Å². The summed E-state index contributed by atoms with van der Waals surface area (Å²) in [6.45, 7) is -1.86. The number of nitrogens with one attached hydrogen (secondary N) is 4. The zero-order valence-electron chi connectivity index (χ0n) is 16.7. The van der Waals surface area contributed by atoms with Gasteiger partial charge in [0.15, 0.2) is 0 Å². The smallest absolute Gasteiger partial charge is 0.314 e. The van der Waals surface area contributed by atoms with Crippen LogP contribution in [0.1, 0.15) is 0 Å². The van der Waals surface area contributed by atoms with E-state index in [1.54, 1.807) is 5.32 Å². The van der Waals surface area contributed by atoms with Crippen LogP contribution in [0.4, 0.5) is 65.9 Å². The van der Waals surface area contributed by atoms with E-state index < -0.39 is 60.8 Å². The Labute approximate surface area is 182 Å². The molecule has 1 saturated heterocycles. The molecule has 1 atom stereocenters. The lowest BCUT2D eigenvalue weighted by atomic mass is 9.88. The monoisotopic (exact) mass is 540 g/mol. The fraction of sp³-hybridized carbons (Fsp3) is 1.00. The van der Waals surface area contributed by atoms with Crippen molar-refractivity contribution in [1.29, 1.82) is 0 Å². The second-order valence-corrected chi connectivity index (χ2v) is 7.20. The van der Waals surface area contributed by atoms with Gasteiger partial charge < -0.3 is 21.3 Å². The van der Waals surface area contributed by atoms with E-state index in [1.165, 1.54) is 0 Å². The third-order valence-corrected chi connectivity index (χ3v) is 4.79. The van der Waals surface area contributed by atoms with Gasteiger partial charge in [-0.25, -0.2) is 0 Å². The summed E-state index contributed by atoms with van der Waals surface area (Å²) < 4.78 is 201. The Balaban J connectivity index is 3.39. The molecule has 1 fully saturated rings. The average Bonchev–Trinajstić information content (AvgIpc) is 2.66. The Morgan fingerprint density at radius 2 is 0.765 bits per heavy atom. The van der Waals surface area contributed by atoms with Crippen LogP contribution in [0.25, 0.3) is 0 Å². The second-order valence-electron chi connectivity index (χ2n) is 7.20. The average molecular weight is 540 g/mol. The molecule has 0 aliphatic carbocycles. The maximum atomic E-state index is 14.4. The summed E-state index contributed by atoms with van der Waals surface area (Å²) in [5.41, 5.74) is 0. The van der Waals surface area contributed by atoms with Gasteiger partial charge in [0, 0.05) is 45.8 Å². The van der Waals surface area contributed by atoms with Crippen LogP contribution >= 0.6 is 0 Å². The van der Waals surface area contributed by atoms with Gasteiger partial charge in [-0.05, 0) is 0 Å². The minimum absolute atomic E-state index is 0.0311. The Bertz CT molecular complexity index is 653. The number of halogens is 15. The fourth-order valence-corrected chi connectivity index (χ4v) is 2.71. The van der Waals surface area contributed by atoms with Crippen molar-refractivity contribution in [2.24, 2.45) is 0 Å². The van der Waals surface area contributed by atoms with Gasteiger partial charge in [0.05, 0.1) is 6.04 Å². The van der Waals surface area contributed by atoms with E-state index in [-0.39, 0.29) is 26.2 Å². The van der Waals surface area contributed by atoms with Crippen LogP contribution in [0.5, 0.6) is 0 Å². The first kappa shape index (κ1) is 30.8. The first-order chi connectivity index (χ1) is 15.1. The second kappa shape index (κ2) is 10.0. The number of hydrogen-bond acceptors (Lipinski definition) is 4. The molecule has 1 aliphatic rings. The Morgan fingerprint density at radius 1 is 0.412 bits per heavy atom. The molecule has 0 spiro atoms. The highest BCUT2D eigenvalue weighted by molar-refractivity contribution is 5.14. The third-order valence-electron chi connectivity index (χ3n) is 4.79. The van der Waals surface area contributed by atoms with Crippen LogP contribution in [0.15, 0.2) is 0 Å². The van der Waals surface area contributed by atoms with Crippen molar-refractivity contribution in [3.05, 3.63) is 0 Å². The molecule has 0 radical (unpaired) electrons. The molecule has 204 valence electrons. The molecule has 0 amide bonds. The molecule has 0 bridgehead atoms. The predicted octanol–water partition coefficient (Wildman–Crippen LogP) is 3.10. The zero-order chi connectivity index (χ0) is 26.9. The quantitative estimate of drug-likeness (QED) is 0.392. The summed E-state index contributed by atoms with van der Waals surface area (Å²) in [6.07, 6.45) is -7.62. The molecule has 4 nitrogen and oxygen atoms in total. The van der Waals surface area contributed by atoms with Crippen LogP contribution in [0.3, 0.4) is 0 Å². The van der Waals surface area contributed by atoms with Crippen LogP contribution in [-0.2, 0) is 0 Å². The Morgan fingerprint density at radius 3 is 1.21 bits per heavy atom. The summed E-state index contributed by atoms with van der Waals surface area (Å²) in [5, 5.41) is 9.03. The van der Waals surface area contributed by atoms with Gasteiger partial charge in [0.25, 0.3) is 0 Å². The third kappa shape index (κ3) is 5.16. The van der Waals surface area contributed by atoms with Crippen molar-refractivity contribution in [2.75, 3.05) is 45.8 Å². The van der Waals surface area contributed by atoms with Crippen molar-refractivity contribution in [3.63, 3.8) is 0 Å². The Hall–Kier alpha value is -1.21. The highest BCUT2D eigenvalue weighted by Crippen LogP contribution is 2.62. The molecule has 0 saturated carbocycles. The summed E-state index contributed by atoms with van der Waals surface area (Å²) in [7, 11) is 0. The van der Waals surface area contributed by atoms with E-state index in [4.69, 9.17) is 0 Å². The number of rotatable bonds is 6. The van der Waals surface area contributed by atoms with E-state index in [0.29, 0.717) is 6.54 Å². The highest BCUT2D eigenvalue weighted by Gasteiger charge is 2.93. The molecule has 4 N–H and O–H groups in total. The van der Waals surface area contributed by atoms with Gasteiger partial charge >= 0.3 is 41.7 Å². The zero-order valence-corrected chi connectivity index (χ0v) is 16.7. The summed E-state index contributed by atoms with van der Waals surface area (Å²) in [5.74, 6) is -46.5. The normalized spacial score (nSPS) is 22.1. The molecule has 19 heteroatoms. The molecule has 0 aromatic heterocycles. The maximum absolute atomic E-state index is 14.4. The summed E-state index contributed by atoms with van der Waals surface area (Å²) >= 11 is 0. The van der Waals surface area contributed by atoms with Crippen molar-refractivity contribution >= 4 is 0 Å². The SMILES string of the molecule is FC(F)(F)C(F)(F)C(F)(F)C(F)(F)C(F)(F)C(F)(F)C(F)(F)C1CNCCNCCNCCN1. The first-order valence-electron chi connectivity index (χ1n) is 9.30. The molecule has 1 aliphatic heterocycles. The molecule has 1 unspecified atom stereocenters. The molecule has 0 aromatic rings. The van der Waals surface area contributed by atoms with Gasteiger partial charge in [0.1, 0.15) is 0 Å². The topological polar surface area (TPSA) is 48.1 Å². The first-order valence-corrected chi connectivity index (χ1v) is 9.30. The molecular weight excluding hydrogens is 521 g/mol. The van der Waals surface area contributed by atoms with Crippen LogP contribution < -0.4 is 21.3 Å². The Kier molecular flexibility index (Phi) is 9.10.